The van der Waals surface area contributed by atoms with Crippen molar-refractivity contribution in [2.45, 2.75) is 33.6 Å². The van der Waals surface area contributed by atoms with Crippen LogP contribution in [0, 0.1) is 0 Å². The topological polar surface area (TPSA) is 75.2 Å². The number of carbonyl (C=O) groups excluding carboxylic acids is 2. The first-order valence-electron chi connectivity index (χ1n) is 8.56. The minimum atomic E-state index is -0.350. The second-order valence-electron chi connectivity index (χ2n) is 5.85. The Hall–Kier alpha value is -2.76. The number of benzene rings is 1. The number of amides is 1. The molecule has 1 N–H and O–H groups in total. The van der Waals surface area contributed by atoms with Crippen molar-refractivity contribution in [3.05, 3.63) is 47.7 Å². The van der Waals surface area contributed by atoms with Crippen molar-refractivity contribution < 1.29 is 9.59 Å². The first kappa shape index (κ1) is 18.6. The molecule has 132 valence electrons. The molecule has 0 aliphatic heterocycles. The summed E-state index contributed by atoms with van der Waals surface area (Å²) in [7, 11) is 0. The zero-order valence-corrected chi connectivity index (χ0v) is 15.0. The molecule has 0 radical (unpaired) electrons. The van der Waals surface area contributed by atoms with Gasteiger partial charge in [0.2, 0.25) is 0 Å². The van der Waals surface area contributed by atoms with E-state index in [1.807, 2.05) is 6.07 Å². The molecule has 2 aromatic rings. The van der Waals surface area contributed by atoms with E-state index in [2.05, 4.69) is 34.3 Å². The summed E-state index contributed by atoms with van der Waals surface area (Å²) in [6.45, 7) is 7.54. The number of hydrogen-bond donors (Lipinski definition) is 1. The lowest BCUT2D eigenvalue weighted by Gasteiger charge is -2.21. The summed E-state index contributed by atoms with van der Waals surface area (Å²) in [4.78, 5) is 25.9. The third-order valence-corrected chi connectivity index (χ3v) is 3.72. The van der Waals surface area contributed by atoms with Gasteiger partial charge in [-0.25, -0.2) is 0 Å². The smallest absolute Gasteiger partial charge is 0.276 e. The van der Waals surface area contributed by atoms with E-state index in [0.29, 0.717) is 11.3 Å². The number of carbonyl (C=O) groups is 2. The predicted octanol–water partition coefficient (Wildman–Crippen LogP) is 3.56. The highest BCUT2D eigenvalue weighted by atomic mass is 16.2. The van der Waals surface area contributed by atoms with E-state index in [0.717, 1.165) is 31.7 Å². The largest absolute Gasteiger partial charge is 0.355 e. The summed E-state index contributed by atoms with van der Waals surface area (Å²) in [5, 5.41) is 11.0. The van der Waals surface area contributed by atoms with Crippen molar-refractivity contribution in [1.29, 1.82) is 0 Å². The van der Waals surface area contributed by atoms with Gasteiger partial charge in [0.1, 0.15) is 0 Å². The van der Waals surface area contributed by atoms with Crippen molar-refractivity contribution in [3.8, 4) is 0 Å². The van der Waals surface area contributed by atoms with Gasteiger partial charge in [-0.3, -0.25) is 9.59 Å². The number of ketones is 1. The molecule has 0 aliphatic carbocycles. The fourth-order valence-electron chi connectivity index (χ4n) is 2.51. The number of anilines is 2. The first-order chi connectivity index (χ1) is 12.0. The highest BCUT2D eigenvalue weighted by Crippen LogP contribution is 2.14. The van der Waals surface area contributed by atoms with E-state index in [9.17, 15) is 9.59 Å². The zero-order chi connectivity index (χ0) is 18.2. The minimum Gasteiger partial charge on any atom is -0.355 e. The quantitative estimate of drug-likeness (QED) is 0.744. The Morgan fingerprint density at radius 3 is 2.32 bits per heavy atom. The number of nitrogens with zero attached hydrogens (tertiary/aromatic N) is 3. The fraction of sp³-hybridized carbons (Fsp3) is 0.368. The van der Waals surface area contributed by atoms with Crippen molar-refractivity contribution in [1.82, 2.24) is 10.2 Å². The molecule has 1 aromatic heterocycles. The molecule has 0 aliphatic rings. The Labute approximate surface area is 148 Å². The van der Waals surface area contributed by atoms with Gasteiger partial charge in [-0.2, -0.15) is 0 Å². The standard InChI is InChI=1S/C19H24N4O2/c1-4-11-23(12-5-2)18-10-9-17(21-22-18)19(25)20-16-8-6-7-15(13-16)14(3)24/h6-10,13H,4-5,11-12H2,1-3H3,(H,20,25). The molecule has 0 bridgehead atoms. The van der Waals surface area contributed by atoms with Crippen LogP contribution in [0.15, 0.2) is 36.4 Å². The van der Waals surface area contributed by atoms with Gasteiger partial charge in [-0.05, 0) is 44.0 Å². The van der Waals surface area contributed by atoms with E-state index in [1.54, 1.807) is 30.3 Å². The van der Waals surface area contributed by atoms with Crippen LogP contribution in [0.4, 0.5) is 11.5 Å². The van der Waals surface area contributed by atoms with Gasteiger partial charge in [-0.15, -0.1) is 10.2 Å². The average molecular weight is 340 g/mol. The second kappa shape index (κ2) is 8.92. The van der Waals surface area contributed by atoms with Crippen LogP contribution >= 0.6 is 0 Å². The van der Waals surface area contributed by atoms with Crippen LogP contribution in [0.25, 0.3) is 0 Å². The first-order valence-corrected chi connectivity index (χ1v) is 8.56. The molecule has 0 fully saturated rings. The number of rotatable bonds is 8. The van der Waals surface area contributed by atoms with Crippen LogP contribution < -0.4 is 10.2 Å². The Morgan fingerprint density at radius 2 is 1.76 bits per heavy atom. The summed E-state index contributed by atoms with van der Waals surface area (Å²) >= 11 is 0. The van der Waals surface area contributed by atoms with Crippen LogP contribution in [0.3, 0.4) is 0 Å². The second-order valence-corrected chi connectivity index (χ2v) is 5.85. The number of nitrogens with one attached hydrogen (secondary N) is 1. The summed E-state index contributed by atoms with van der Waals surface area (Å²) in [5.74, 6) is 0.378. The Bertz CT molecular complexity index is 722. The molecule has 0 unspecified atom stereocenters. The van der Waals surface area contributed by atoms with Crippen molar-refractivity contribution in [2.24, 2.45) is 0 Å². The van der Waals surface area contributed by atoms with Gasteiger partial charge < -0.3 is 10.2 Å². The third-order valence-electron chi connectivity index (χ3n) is 3.72. The maximum atomic E-state index is 12.3. The van der Waals surface area contributed by atoms with E-state index in [1.165, 1.54) is 6.92 Å². The minimum absolute atomic E-state index is 0.0489. The zero-order valence-electron chi connectivity index (χ0n) is 15.0. The van der Waals surface area contributed by atoms with E-state index >= 15 is 0 Å². The van der Waals surface area contributed by atoms with Crippen LogP contribution in [-0.4, -0.2) is 35.0 Å². The normalized spacial score (nSPS) is 10.4. The summed E-state index contributed by atoms with van der Waals surface area (Å²) < 4.78 is 0. The lowest BCUT2D eigenvalue weighted by atomic mass is 10.1. The maximum absolute atomic E-state index is 12.3. The van der Waals surface area contributed by atoms with Gasteiger partial charge in [0, 0.05) is 24.3 Å². The van der Waals surface area contributed by atoms with Crippen LogP contribution in [0.5, 0.6) is 0 Å². The van der Waals surface area contributed by atoms with E-state index < -0.39 is 0 Å². The molecule has 0 spiro atoms. The van der Waals surface area contributed by atoms with Gasteiger partial charge in [0.05, 0.1) is 0 Å². The SMILES string of the molecule is CCCN(CCC)c1ccc(C(=O)Nc2cccc(C(C)=O)c2)nn1. The molecule has 1 aromatic carbocycles. The predicted molar refractivity (Wildman–Crippen MR) is 99.2 cm³/mol. The summed E-state index contributed by atoms with van der Waals surface area (Å²) in [6, 6.07) is 10.3. The number of aromatic nitrogens is 2. The van der Waals surface area contributed by atoms with Crippen LogP contribution in [0.1, 0.15) is 54.5 Å². The Morgan fingerprint density at radius 1 is 1.04 bits per heavy atom. The van der Waals surface area contributed by atoms with E-state index in [4.69, 9.17) is 0 Å². The van der Waals surface area contributed by atoms with Gasteiger partial charge >= 0.3 is 0 Å². The van der Waals surface area contributed by atoms with Crippen molar-refractivity contribution in [2.75, 3.05) is 23.3 Å². The average Bonchev–Trinajstić information content (AvgIpc) is 2.62. The molecular formula is C19H24N4O2. The molecular weight excluding hydrogens is 316 g/mol. The molecule has 0 saturated heterocycles. The molecule has 2 rings (SSSR count). The maximum Gasteiger partial charge on any atom is 0.276 e. The lowest BCUT2D eigenvalue weighted by Crippen LogP contribution is -2.26. The van der Waals surface area contributed by atoms with Crippen molar-refractivity contribution in [3.63, 3.8) is 0 Å². The van der Waals surface area contributed by atoms with Gasteiger partial charge in [0.25, 0.3) is 5.91 Å². The third kappa shape index (κ3) is 5.11. The van der Waals surface area contributed by atoms with Crippen LogP contribution in [-0.2, 0) is 0 Å². The van der Waals surface area contributed by atoms with Gasteiger partial charge in [0.15, 0.2) is 17.3 Å². The highest BCUT2D eigenvalue weighted by Gasteiger charge is 2.12. The molecule has 0 atom stereocenters. The van der Waals surface area contributed by atoms with Crippen molar-refractivity contribution >= 4 is 23.2 Å². The highest BCUT2D eigenvalue weighted by molar-refractivity contribution is 6.03. The number of hydrogen-bond acceptors (Lipinski definition) is 5. The van der Waals surface area contributed by atoms with Crippen LogP contribution in [0.2, 0.25) is 0 Å². The summed E-state index contributed by atoms with van der Waals surface area (Å²) in [5.41, 5.74) is 1.35. The van der Waals surface area contributed by atoms with Gasteiger partial charge in [-0.1, -0.05) is 26.0 Å². The molecule has 1 heterocycles. The molecule has 6 heteroatoms. The number of Topliss-reactive ketones (excluding diaryl/α,β-unsaturated/α-hetero) is 1. The molecule has 1 amide bonds. The molecule has 0 saturated carbocycles. The summed E-state index contributed by atoms with van der Waals surface area (Å²) in [6.07, 6.45) is 2.05. The fourth-order valence-corrected chi connectivity index (χ4v) is 2.51. The Kier molecular flexibility index (Phi) is 6.62. The molecule has 6 nitrogen and oxygen atoms in total. The lowest BCUT2D eigenvalue weighted by molar-refractivity contribution is 0.100. The molecule has 25 heavy (non-hydrogen) atoms. The Balaban J connectivity index is 2.09. The van der Waals surface area contributed by atoms with E-state index in [-0.39, 0.29) is 17.4 Å². The monoisotopic (exact) mass is 340 g/mol.